The lowest BCUT2D eigenvalue weighted by molar-refractivity contribution is 0.0950. The van der Waals surface area contributed by atoms with E-state index in [0.717, 1.165) is 28.2 Å². The van der Waals surface area contributed by atoms with Crippen molar-refractivity contribution in [2.24, 2.45) is 0 Å². The molecule has 0 spiro atoms. The van der Waals surface area contributed by atoms with Crippen LogP contribution in [-0.2, 0) is 0 Å². The highest BCUT2D eigenvalue weighted by molar-refractivity contribution is 5.99. The maximum Gasteiger partial charge on any atom is 0.207 e. The standard InChI is InChI=1S/C31H27N3O/c1-24-12-11-13-25(22-24)29(30(35)31-32-20-21-33(31)26-14-5-2-6-15-26)23-34(27-16-7-3-8-17-27)28-18-9-4-10-19-28/h2-22,29H,23H2,1H3/t29-/m0/s1. The predicted molar refractivity (Wildman–Crippen MR) is 142 cm³/mol. The molecule has 0 radical (unpaired) electrons. The molecule has 0 fully saturated rings. The number of rotatable bonds is 8. The molecule has 0 N–H and O–H groups in total. The van der Waals surface area contributed by atoms with Gasteiger partial charge in [-0.1, -0.05) is 84.4 Å². The summed E-state index contributed by atoms with van der Waals surface area (Å²) in [6.07, 6.45) is 3.54. The van der Waals surface area contributed by atoms with E-state index in [9.17, 15) is 4.79 Å². The lowest BCUT2D eigenvalue weighted by Gasteiger charge is -2.29. The number of carbonyl (C=O) groups is 1. The van der Waals surface area contributed by atoms with Gasteiger partial charge in [-0.05, 0) is 48.9 Å². The smallest absolute Gasteiger partial charge is 0.207 e. The van der Waals surface area contributed by atoms with Crippen LogP contribution in [0.5, 0.6) is 0 Å². The zero-order valence-electron chi connectivity index (χ0n) is 19.7. The Hall–Kier alpha value is -4.44. The number of para-hydroxylation sites is 3. The summed E-state index contributed by atoms with van der Waals surface area (Å²) < 4.78 is 1.88. The lowest BCUT2D eigenvalue weighted by Crippen LogP contribution is -2.30. The van der Waals surface area contributed by atoms with Crippen LogP contribution in [0.3, 0.4) is 0 Å². The molecule has 1 aromatic heterocycles. The normalized spacial score (nSPS) is 11.7. The maximum atomic E-state index is 14.2. The van der Waals surface area contributed by atoms with Crippen molar-refractivity contribution in [1.82, 2.24) is 9.55 Å². The van der Waals surface area contributed by atoms with E-state index in [0.29, 0.717) is 12.4 Å². The number of ketones is 1. The van der Waals surface area contributed by atoms with Crippen LogP contribution in [0.15, 0.2) is 128 Å². The van der Waals surface area contributed by atoms with Crippen molar-refractivity contribution in [2.45, 2.75) is 12.8 Å². The minimum atomic E-state index is -0.417. The fourth-order valence-corrected chi connectivity index (χ4v) is 4.42. The van der Waals surface area contributed by atoms with Gasteiger partial charge in [0.2, 0.25) is 5.78 Å². The summed E-state index contributed by atoms with van der Waals surface area (Å²) in [5, 5.41) is 0. The van der Waals surface area contributed by atoms with Crippen LogP contribution in [0, 0.1) is 6.92 Å². The van der Waals surface area contributed by atoms with Crippen molar-refractivity contribution in [2.75, 3.05) is 11.4 Å². The predicted octanol–water partition coefficient (Wildman–Crippen LogP) is 6.99. The van der Waals surface area contributed by atoms with Gasteiger partial charge < -0.3 is 4.90 Å². The van der Waals surface area contributed by atoms with Crippen molar-refractivity contribution in [3.05, 3.63) is 145 Å². The fraction of sp³-hybridized carbons (Fsp3) is 0.0968. The summed E-state index contributed by atoms with van der Waals surface area (Å²) in [5.74, 6) is 0.00488. The lowest BCUT2D eigenvalue weighted by atomic mass is 9.91. The largest absolute Gasteiger partial charge is 0.340 e. The van der Waals surface area contributed by atoms with Gasteiger partial charge in [0.05, 0.1) is 5.92 Å². The molecule has 4 nitrogen and oxygen atoms in total. The third-order valence-electron chi connectivity index (χ3n) is 6.16. The van der Waals surface area contributed by atoms with Gasteiger partial charge in [0.25, 0.3) is 0 Å². The second kappa shape index (κ2) is 10.2. The third kappa shape index (κ3) is 4.92. The Bertz CT molecular complexity index is 1360. The van der Waals surface area contributed by atoms with Gasteiger partial charge in [0, 0.05) is 36.0 Å². The van der Waals surface area contributed by atoms with Gasteiger partial charge in [0.15, 0.2) is 5.82 Å². The molecule has 5 aromatic rings. The highest BCUT2D eigenvalue weighted by atomic mass is 16.1. The van der Waals surface area contributed by atoms with Gasteiger partial charge in [-0.3, -0.25) is 9.36 Å². The number of aryl methyl sites for hydroxylation is 1. The van der Waals surface area contributed by atoms with E-state index in [2.05, 4.69) is 53.2 Å². The van der Waals surface area contributed by atoms with E-state index in [1.54, 1.807) is 6.20 Å². The van der Waals surface area contributed by atoms with Crippen LogP contribution in [0.1, 0.15) is 27.7 Å². The van der Waals surface area contributed by atoms with Gasteiger partial charge in [-0.25, -0.2) is 4.98 Å². The molecule has 0 saturated heterocycles. The van der Waals surface area contributed by atoms with Gasteiger partial charge in [0.1, 0.15) is 0 Å². The second-order valence-electron chi connectivity index (χ2n) is 8.57. The van der Waals surface area contributed by atoms with Gasteiger partial charge in [-0.15, -0.1) is 0 Å². The third-order valence-corrected chi connectivity index (χ3v) is 6.16. The molecule has 5 rings (SSSR count). The Labute approximate surface area is 206 Å². The Morgan fingerprint density at radius 2 is 1.40 bits per heavy atom. The molecule has 0 aliphatic carbocycles. The number of benzene rings is 4. The quantitative estimate of drug-likeness (QED) is 0.236. The first kappa shape index (κ1) is 22.4. The Morgan fingerprint density at radius 1 is 0.800 bits per heavy atom. The summed E-state index contributed by atoms with van der Waals surface area (Å²) in [5.41, 5.74) is 5.09. The molecule has 4 aromatic carbocycles. The zero-order chi connectivity index (χ0) is 24.0. The molecule has 1 heterocycles. The molecule has 35 heavy (non-hydrogen) atoms. The monoisotopic (exact) mass is 457 g/mol. The summed E-state index contributed by atoms with van der Waals surface area (Å²) in [6, 6.07) is 38.5. The molecule has 0 bridgehead atoms. The maximum absolute atomic E-state index is 14.2. The minimum absolute atomic E-state index is 0.0127. The summed E-state index contributed by atoms with van der Waals surface area (Å²) in [6.45, 7) is 2.54. The highest BCUT2D eigenvalue weighted by Crippen LogP contribution is 2.31. The van der Waals surface area contributed by atoms with Crippen LogP contribution in [0.25, 0.3) is 5.69 Å². The van der Waals surface area contributed by atoms with E-state index >= 15 is 0 Å². The highest BCUT2D eigenvalue weighted by Gasteiger charge is 2.29. The van der Waals surface area contributed by atoms with Crippen molar-refractivity contribution in [3.8, 4) is 5.69 Å². The zero-order valence-corrected chi connectivity index (χ0v) is 19.7. The number of imidazole rings is 1. The van der Waals surface area contributed by atoms with Crippen LogP contribution in [-0.4, -0.2) is 21.9 Å². The molecule has 0 aliphatic heterocycles. The first-order chi connectivity index (χ1) is 17.2. The van der Waals surface area contributed by atoms with Crippen LogP contribution in [0.4, 0.5) is 11.4 Å². The van der Waals surface area contributed by atoms with E-state index in [4.69, 9.17) is 0 Å². The number of hydrogen-bond donors (Lipinski definition) is 0. The average Bonchev–Trinajstić information content (AvgIpc) is 3.41. The number of carbonyl (C=O) groups excluding carboxylic acids is 1. The summed E-state index contributed by atoms with van der Waals surface area (Å²) in [4.78, 5) is 20.9. The van der Waals surface area contributed by atoms with Crippen LogP contribution >= 0.6 is 0 Å². The number of nitrogens with zero attached hydrogens (tertiary/aromatic N) is 3. The van der Waals surface area contributed by atoms with Crippen molar-refractivity contribution < 1.29 is 4.79 Å². The molecule has 4 heteroatoms. The molecule has 0 aliphatic rings. The first-order valence-corrected chi connectivity index (χ1v) is 11.8. The Morgan fingerprint density at radius 3 is 2.00 bits per heavy atom. The van der Waals surface area contributed by atoms with E-state index in [-0.39, 0.29) is 5.78 Å². The SMILES string of the molecule is Cc1cccc([C@H](CN(c2ccccc2)c2ccccc2)C(=O)c2nccn2-c2ccccc2)c1. The molecule has 0 unspecified atom stereocenters. The molecule has 172 valence electrons. The molecular formula is C31H27N3O. The molecular weight excluding hydrogens is 430 g/mol. The van der Waals surface area contributed by atoms with Crippen LogP contribution in [0.2, 0.25) is 0 Å². The Balaban J connectivity index is 1.60. The topological polar surface area (TPSA) is 38.1 Å². The number of anilines is 2. The number of Topliss-reactive ketones (excluding diaryl/α,β-unsaturated/α-hetero) is 1. The summed E-state index contributed by atoms with van der Waals surface area (Å²) in [7, 11) is 0. The average molecular weight is 458 g/mol. The van der Waals surface area contributed by atoms with Crippen molar-refractivity contribution in [3.63, 3.8) is 0 Å². The van der Waals surface area contributed by atoms with Crippen LogP contribution < -0.4 is 4.90 Å². The minimum Gasteiger partial charge on any atom is -0.340 e. The van der Waals surface area contributed by atoms with Crippen molar-refractivity contribution in [1.29, 1.82) is 0 Å². The van der Waals surface area contributed by atoms with E-state index in [1.807, 2.05) is 89.6 Å². The van der Waals surface area contributed by atoms with E-state index in [1.165, 1.54) is 0 Å². The molecule has 0 saturated carbocycles. The Kier molecular flexibility index (Phi) is 6.53. The van der Waals surface area contributed by atoms with Crippen molar-refractivity contribution >= 4 is 17.2 Å². The summed E-state index contributed by atoms with van der Waals surface area (Å²) >= 11 is 0. The van der Waals surface area contributed by atoms with E-state index < -0.39 is 5.92 Å². The fourth-order valence-electron chi connectivity index (χ4n) is 4.42. The second-order valence-corrected chi connectivity index (χ2v) is 8.57. The first-order valence-electron chi connectivity index (χ1n) is 11.8. The number of hydrogen-bond acceptors (Lipinski definition) is 3. The number of aromatic nitrogens is 2. The van der Waals surface area contributed by atoms with Gasteiger partial charge in [-0.2, -0.15) is 0 Å². The van der Waals surface area contributed by atoms with Gasteiger partial charge >= 0.3 is 0 Å². The molecule has 1 atom stereocenters. The molecule has 0 amide bonds.